The number of nitrogens with zero attached hydrogens (tertiary/aromatic N) is 1. The Morgan fingerprint density at radius 3 is 2.61 bits per heavy atom. The van der Waals surface area contributed by atoms with Gasteiger partial charge in [-0.15, -0.1) is 0 Å². The van der Waals surface area contributed by atoms with E-state index in [1.54, 1.807) is 4.90 Å². The Labute approximate surface area is 106 Å². The van der Waals surface area contributed by atoms with Crippen molar-refractivity contribution in [1.29, 1.82) is 0 Å². The first kappa shape index (κ1) is 12.6. The minimum Gasteiger partial charge on any atom is -0.481 e. The van der Waals surface area contributed by atoms with Gasteiger partial charge in [-0.05, 0) is 25.3 Å². The van der Waals surface area contributed by atoms with Crippen LogP contribution in [0.25, 0.3) is 0 Å². The Morgan fingerprint density at radius 2 is 2.00 bits per heavy atom. The van der Waals surface area contributed by atoms with Gasteiger partial charge in [0.05, 0.1) is 0 Å². The van der Waals surface area contributed by atoms with Gasteiger partial charge in [0, 0.05) is 12.6 Å². The lowest BCUT2D eigenvalue weighted by Gasteiger charge is -2.36. The number of carbonyl (C=O) groups is 2. The molecule has 4 nitrogen and oxygen atoms in total. The number of likely N-dealkylation sites (tertiary alicyclic amines) is 1. The zero-order valence-electron chi connectivity index (χ0n) is 10.4. The highest BCUT2D eigenvalue weighted by Crippen LogP contribution is 2.25. The van der Waals surface area contributed by atoms with Crippen LogP contribution in [0.15, 0.2) is 30.3 Å². The summed E-state index contributed by atoms with van der Waals surface area (Å²) in [4.78, 5) is 24.8. The van der Waals surface area contributed by atoms with Crippen LogP contribution in [0.1, 0.15) is 25.3 Å². The van der Waals surface area contributed by atoms with Crippen LogP contribution >= 0.6 is 0 Å². The summed E-state index contributed by atoms with van der Waals surface area (Å²) in [5.41, 5.74) is 1.03. The summed E-state index contributed by atoms with van der Waals surface area (Å²) in [5.74, 6) is -2.14. The molecule has 1 aromatic carbocycles. The Hall–Kier alpha value is -1.84. The van der Waals surface area contributed by atoms with Gasteiger partial charge in [0.25, 0.3) is 0 Å². The molecule has 1 saturated heterocycles. The topological polar surface area (TPSA) is 57.6 Å². The fraction of sp³-hybridized carbons (Fsp3) is 0.429. The van der Waals surface area contributed by atoms with Gasteiger partial charge in [-0.25, -0.2) is 0 Å². The van der Waals surface area contributed by atoms with Crippen molar-refractivity contribution >= 4 is 11.9 Å². The van der Waals surface area contributed by atoms with Crippen LogP contribution in [0.2, 0.25) is 0 Å². The molecule has 1 aromatic rings. The first-order valence-corrected chi connectivity index (χ1v) is 6.17. The molecule has 0 saturated carbocycles. The summed E-state index contributed by atoms with van der Waals surface area (Å²) in [7, 11) is 0. The van der Waals surface area contributed by atoms with Gasteiger partial charge >= 0.3 is 5.97 Å². The number of carboxylic acid groups (broad SMARTS) is 1. The fourth-order valence-corrected chi connectivity index (χ4v) is 2.35. The van der Waals surface area contributed by atoms with Crippen molar-refractivity contribution in [3.63, 3.8) is 0 Å². The summed E-state index contributed by atoms with van der Waals surface area (Å²) in [6, 6.07) is 9.76. The van der Waals surface area contributed by atoms with Crippen molar-refractivity contribution in [2.45, 2.75) is 32.4 Å². The highest BCUT2D eigenvalue weighted by atomic mass is 16.4. The lowest BCUT2D eigenvalue weighted by Crippen LogP contribution is -2.48. The molecular weight excluding hydrogens is 230 g/mol. The standard InChI is InChI=1S/C14H17NO3/c1-10-7-8-12(14(17)18)13(16)15(10)9-11-5-3-2-4-6-11/h2-6,10,12H,7-9H2,1H3,(H,17,18). The lowest BCUT2D eigenvalue weighted by atomic mass is 9.92. The van der Waals surface area contributed by atoms with E-state index >= 15 is 0 Å². The van der Waals surface area contributed by atoms with Crippen LogP contribution in [0.4, 0.5) is 0 Å². The zero-order chi connectivity index (χ0) is 13.1. The number of rotatable bonds is 3. The minimum absolute atomic E-state index is 0.105. The first-order valence-electron chi connectivity index (χ1n) is 6.17. The molecule has 0 aromatic heterocycles. The van der Waals surface area contributed by atoms with Crippen LogP contribution in [-0.2, 0) is 16.1 Å². The molecule has 96 valence electrons. The summed E-state index contributed by atoms with van der Waals surface area (Å²) < 4.78 is 0. The highest BCUT2D eigenvalue weighted by Gasteiger charge is 2.37. The summed E-state index contributed by atoms with van der Waals surface area (Å²) in [5, 5.41) is 9.03. The van der Waals surface area contributed by atoms with Crippen molar-refractivity contribution in [3.8, 4) is 0 Å². The van der Waals surface area contributed by atoms with Gasteiger partial charge in [0.15, 0.2) is 0 Å². The molecule has 2 unspecified atom stereocenters. The minimum atomic E-state index is -1.01. The van der Waals surface area contributed by atoms with Gasteiger partial charge in [0.2, 0.25) is 5.91 Å². The number of carboxylic acids is 1. The van der Waals surface area contributed by atoms with E-state index in [0.717, 1.165) is 12.0 Å². The van der Waals surface area contributed by atoms with E-state index in [4.69, 9.17) is 5.11 Å². The molecule has 1 amide bonds. The number of hydrogen-bond donors (Lipinski definition) is 1. The number of aliphatic carboxylic acids is 1. The van der Waals surface area contributed by atoms with E-state index in [-0.39, 0.29) is 11.9 Å². The van der Waals surface area contributed by atoms with Crippen LogP contribution in [-0.4, -0.2) is 27.9 Å². The molecule has 4 heteroatoms. The maximum atomic E-state index is 12.1. The van der Waals surface area contributed by atoms with Gasteiger partial charge < -0.3 is 10.0 Å². The monoisotopic (exact) mass is 247 g/mol. The summed E-state index contributed by atoms with van der Waals surface area (Å²) >= 11 is 0. The van der Waals surface area contributed by atoms with Crippen LogP contribution in [0.3, 0.4) is 0 Å². The van der Waals surface area contributed by atoms with Crippen LogP contribution in [0.5, 0.6) is 0 Å². The quantitative estimate of drug-likeness (QED) is 0.830. The fourth-order valence-electron chi connectivity index (χ4n) is 2.35. The van der Waals surface area contributed by atoms with Gasteiger partial charge in [-0.1, -0.05) is 30.3 Å². The van der Waals surface area contributed by atoms with Crippen molar-refractivity contribution in [3.05, 3.63) is 35.9 Å². The Balaban J connectivity index is 2.14. The molecule has 2 atom stereocenters. The summed E-state index contributed by atoms with van der Waals surface area (Å²) in [6.07, 6.45) is 1.19. The maximum Gasteiger partial charge on any atom is 0.316 e. The molecule has 18 heavy (non-hydrogen) atoms. The third-order valence-electron chi connectivity index (χ3n) is 3.48. The maximum absolute atomic E-state index is 12.1. The van der Waals surface area contributed by atoms with E-state index in [2.05, 4.69) is 0 Å². The number of hydrogen-bond acceptors (Lipinski definition) is 2. The Bertz CT molecular complexity index is 444. The second-order valence-electron chi connectivity index (χ2n) is 4.77. The first-order chi connectivity index (χ1) is 8.59. The molecule has 1 N–H and O–H groups in total. The molecule has 0 aliphatic carbocycles. The van der Waals surface area contributed by atoms with Crippen molar-refractivity contribution in [2.75, 3.05) is 0 Å². The van der Waals surface area contributed by atoms with E-state index < -0.39 is 11.9 Å². The van der Waals surface area contributed by atoms with E-state index in [9.17, 15) is 9.59 Å². The molecule has 1 fully saturated rings. The molecular formula is C14H17NO3. The highest BCUT2D eigenvalue weighted by molar-refractivity contribution is 5.97. The molecule has 0 bridgehead atoms. The van der Waals surface area contributed by atoms with Crippen molar-refractivity contribution < 1.29 is 14.7 Å². The number of piperidine rings is 1. The third-order valence-corrected chi connectivity index (χ3v) is 3.48. The third kappa shape index (κ3) is 2.53. The molecule has 0 spiro atoms. The zero-order valence-corrected chi connectivity index (χ0v) is 10.4. The molecule has 1 aliphatic heterocycles. The van der Waals surface area contributed by atoms with Gasteiger partial charge in [0.1, 0.15) is 5.92 Å². The average Bonchev–Trinajstić information content (AvgIpc) is 2.35. The predicted octanol–water partition coefficient (Wildman–Crippen LogP) is 1.90. The van der Waals surface area contributed by atoms with Crippen molar-refractivity contribution in [2.24, 2.45) is 5.92 Å². The smallest absolute Gasteiger partial charge is 0.316 e. The van der Waals surface area contributed by atoms with Crippen LogP contribution in [0, 0.1) is 5.92 Å². The summed E-state index contributed by atoms with van der Waals surface area (Å²) in [6.45, 7) is 2.46. The normalized spacial score (nSPS) is 24.1. The number of benzene rings is 1. The number of amides is 1. The number of carbonyl (C=O) groups excluding carboxylic acids is 1. The second-order valence-corrected chi connectivity index (χ2v) is 4.77. The van der Waals surface area contributed by atoms with Crippen molar-refractivity contribution in [1.82, 2.24) is 4.90 Å². The molecule has 0 radical (unpaired) electrons. The van der Waals surface area contributed by atoms with Gasteiger partial charge in [-0.2, -0.15) is 0 Å². The molecule has 1 heterocycles. The Kier molecular flexibility index (Phi) is 3.65. The largest absolute Gasteiger partial charge is 0.481 e. The van der Waals surface area contributed by atoms with E-state index in [1.165, 1.54) is 0 Å². The SMILES string of the molecule is CC1CCC(C(=O)O)C(=O)N1Cc1ccccc1. The second kappa shape index (κ2) is 5.21. The van der Waals surface area contributed by atoms with Gasteiger partial charge in [-0.3, -0.25) is 9.59 Å². The molecule has 1 aliphatic rings. The van der Waals surface area contributed by atoms with E-state index in [0.29, 0.717) is 13.0 Å². The Morgan fingerprint density at radius 1 is 1.33 bits per heavy atom. The van der Waals surface area contributed by atoms with E-state index in [1.807, 2.05) is 37.3 Å². The molecule has 2 rings (SSSR count). The lowest BCUT2D eigenvalue weighted by molar-refractivity contribution is -0.155. The van der Waals surface area contributed by atoms with Crippen LogP contribution < -0.4 is 0 Å². The predicted molar refractivity (Wildman–Crippen MR) is 66.8 cm³/mol. The average molecular weight is 247 g/mol.